The van der Waals surface area contributed by atoms with E-state index in [1.807, 2.05) is 0 Å². The molecular weight excluding hydrogens is 182 g/mol. The minimum Gasteiger partial charge on any atom is -0.384 e. The molecule has 0 bridgehead atoms. The van der Waals surface area contributed by atoms with E-state index < -0.39 is 0 Å². The standard InChI is InChI=1S/C14H15N/c1-2-6-13-12(4-1)5-3-7-14(13)15-10-11-8-9-11/h1-7,11,15H,8-10H2. The Bertz CT molecular complexity index is 466. The summed E-state index contributed by atoms with van der Waals surface area (Å²) in [6.07, 6.45) is 2.80. The summed E-state index contributed by atoms with van der Waals surface area (Å²) in [5, 5.41) is 6.20. The number of hydrogen-bond donors (Lipinski definition) is 1. The van der Waals surface area contributed by atoms with Gasteiger partial charge in [0.25, 0.3) is 0 Å². The Labute approximate surface area is 90.1 Å². The molecule has 1 fully saturated rings. The molecule has 2 aromatic carbocycles. The minimum atomic E-state index is 0.920. The van der Waals surface area contributed by atoms with Crippen LogP contribution in [0.15, 0.2) is 42.5 Å². The molecule has 1 saturated carbocycles. The molecule has 76 valence electrons. The van der Waals surface area contributed by atoms with Crippen molar-refractivity contribution in [1.82, 2.24) is 0 Å². The third kappa shape index (κ3) is 1.82. The molecule has 1 aliphatic rings. The van der Waals surface area contributed by atoms with Crippen LogP contribution in [0.5, 0.6) is 0 Å². The molecule has 1 nitrogen and oxygen atoms in total. The Morgan fingerprint density at radius 3 is 2.67 bits per heavy atom. The van der Waals surface area contributed by atoms with Gasteiger partial charge in [-0.05, 0) is 30.2 Å². The van der Waals surface area contributed by atoms with Crippen molar-refractivity contribution in [2.24, 2.45) is 5.92 Å². The Kier molecular flexibility index (Phi) is 2.09. The molecule has 0 amide bonds. The lowest BCUT2D eigenvalue weighted by molar-refractivity contribution is 0.890. The van der Waals surface area contributed by atoms with Crippen LogP contribution in [0.4, 0.5) is 5.69 Å². The van der Waals surface area contributed by atoms with Crippen molar-refractivity contribution in [2.45, 2.75) is 12.8 Å². The van der Waals surface area contributed by atoms with Crippen LogP contribution in [0, 0.1) is 5.92 Å². The maximum Gasteiger partial charge on any atom is 0.0419 e. The summed E-state index contributed by atoms with van der Waals surface area (Å²) < 4.78 is 0. The van der Waals surface area contributed by atoms with Crippen molar-refractivity contribution in [2.75, 3.05) is 11.9 Å². The first-order chi connectivity index (χ1) is 7.43. The molecule has 1 N–H and O–H groups in total. The average molecular weight is 197 g/mol. The molecule has 1 heteroatoms. The summed E-state index contributed by atoms with van der Waals surface area (Å²) in [5.74, 6) is 0.920. The Morgan fingerprint density at radius 2 is 1.80 bits per heavy atom. The fourth-order valence-electron chi connectivity index (χ4n) is 1.96. The third-order valence-corrected chi connectivity index (χ3v) is 3.07. The lowest BCUT2D eigenvalue weighted by atomic mass is 10.1. The van der Waals surface area contributed by atoms with E-state index in [4.69, 9.17) is 0 Å². The van der Waals surface area contributed by atoms with Crippen molar-refractivity contribution in [3.8, 4) is 0 Å². The van der Waals surface area contributed by atoms with Crippen LogP contribution in [0.3, 0.4) is 0 Å². The van der Waals surface area contributed by atoms with Gasteiger partial charge < -0.3 is 5.32 Å². The Hall–Kier alpha value is -1.50. The lowest BCUT2D eigenvalue weighted by Crippen LogP contribution is -2.03. The van der Waals surface area contributed by atoms with Gasteiger partial charge in [-0.3, -0.25) is 0 Å². The van der Waals surface area contributed by atoms with Crippen molar-refractivity contribution in [3.05, 3.63) is 42.5 Å². The number of hydrogen-bond acceptors (Lipinski definition) is 1. The average Bonchev–Trinajstić information content (AvgIpc) is 3.10. The van der Waals surface area contributed by atoms with Crippen molar-refractivity contribution in [3.63, 3.8) is 0 Å². The maximum absolute atomic E-state index is 3.55. The molecule has 0 radical (unpaired) electrons. The van der Waals surface area contributed by atoms with E-state index >= 15 is 0 Å². The fourth-order valence-corrected chi connectivity index (χ4v) is 1.96. The molecule has 2 aromatic rings. The predicted molar refractivity (Wildman–Crippen MR) is 65.2 cm³/mol. The molecule has 0 unspecified atom stereocenters. The van der Waals surface area contributed by atoms with Gasteiger partial charge in [-0.1, -0.05) is 36.4 Å². The number of benzene rings is 2. The van der Waals surface area contributed by atoms with Crippen LogP contribution in [-0.4, -0.2) is 6.54 Å². The highest BCUT2D eigenvalue weighted by Gasteiger charge is 2.20. The van der Waals surface area contributed by atoms with Gasteiger partial charge in [0.05, 0.1) is 0 Å². The van der Waals surface area contributed by atoms with Gasteiger partial charge in [-0.25, -0.2) is 0 Å². The van der Waals surface area contributed by atoms with Crippen LogP contribution in [-0.2, 0) is 0 Å². The van der Waals surface area contributed by atoms with Crippen LogP contribution in [0.25, 0.3) is 10.8 Å². The Balaban J connectivity index is 1.93. The molecule has 0 saturated heterocycles. The van der Waals surface area contributed by atoms with Gasteiger partial charge in [-0.2, -0.15) is 0 Å². The van der Waals surface area contributed by atoms with Crippen LogP contribution in [0.2, 0.25) is 0 Å². The molecule has 3 rings (SSSR count). The van der Waals surface area contributed by atoms with E-state index in [0.29, 0.717) is 0 Å². The summed E-state index contributed by atoms with van der Waals surface area (Å²) in [6.45, 7) is 1.13. The highest BCUT2D eigenvalue weighted by atomic mass is 14.9. The van der Waals surface area contributed by atoms with Gasteiger partial charge >= 0.3 is 0 Å². The van der Waals surface area contributed by atoms with Gasteiger partial charge in [0.1, 0.15) is 0 Å². The van der Waals surface area contributed by atoms with Crippen molar-refractivity contribution >= 4 is 16.5 Å². The van der Waals surface area contributed by atoms with Gasteiger partial charge in [-0.15, -0.1) is 0 Å². The second-order valence-corrected chi connectivity index (χ2v) is 4.35. The molecule has 1 aliphatic carbocycles. The molecular formula is C14H15N. The largest absolute Gasteiger partial charge is 0.384 e. The van der Waals surface area contributed by atoms with E-state index in [-0.39, 0.29) is 0 Å². The second kappa shape index (κ2) is 3.58. The zero-order valence-corrected chi connectivity index (χ0v) is 8.74. The highest BCUT2D eigenvalue weighted by molar-refractivity contribution is 5.93. The van der Waals surface area contributed by atoms with E-state index in [1.165, 1.54) is 29.3 Å². The zero-order valence-electron chi connectivity index (χ0n) is 8.74. The fraction of sp³-hybridized carbons (Fsp3) is 0.286. The molecule has 0 atom stereocenters. The molecule has 0 spiro atoms. The smallest absolute Gasteiger partial charge is 0.0419 e. The normalized spacial score (nSPS) is 15.5. The van der Waals surface area contributed by atoms with Crippen molar-refractivity contribution < 1.29 is 0 Å². The van der Waals surface area contributed by atoms with Crippen molar-refractivity contribution in [1.29, 1.82) is 0 Å². The highest BCUT2D eigenvalue weighted by Crippen LogP contribution is 2.30. The molecule has 0 heterocycles. The van der Waals surface area contributed by atoms with Gasteiger partial charge in [0, 0.05) is 17.6 Å². The minimum absolute atomic E-state index is 0.920. The summed E-state index contributed by atoms with van der Waals surface area (Å²) in [5.41, 5.74) is 1.28. The van der Waals surface area contributed by atoms with E-state index in [9.17, 15) is 0 Å². The summed E-state index contributed by atoms with van der Waals surface area (Å²) >= 11 is 0. The summed E-state index contributed by atoms with van der Waals surface area (Å²) in [7, 11) is 0. The van der Waals surface area contributed by atoms with E-state index in [1.54, 1.807) is 0 Å². The third-order valence-electron chi connectivity index (χ3n) is 3.07. The van der Waals surface area contributed by atoms with E-state index in [0.717, 1.165) is 12.5 Å². The number of fused-ring (bicyclic) bond motifs is 1. The molecule has 0 aliphatic heterocycles. The van der Waals surface area contributed by atoms with Gasteiger partial charge in [0.15, 0.2) is 0 Å². The Morgan fingerprint density at radius 1 is 1.00 bits per heavy atom. The first-order valence-corrected chi connectivity index (χ1v) is 5.65. The molecule has 0 aromatic heterocycles. The maximum atomic E-state index is 3.55. The van der Waals surface area contributed by atoms with Crippen LogP contribution in [0.1, 0.15) is 12.8 Å². The van der Waals surface area contributed by atoms with Gasteiger partial charge in [0.2, 0.25) is 0 Å². The summed E-state index contributed by atoms with van der Waals surface area (Å²) in [4.78, 5) is 0. The summed E-state index contributed by atoms with van der Waals surface area (Å²) in [6, 6.07) is 15.0. The van der Waals surface area contributed by atoms with E-state index in [2.05, 4.69) is 47.8 Å². The first kappa shape index (κ1) is 8.78. The number of nitrogens with one attached hydrogen (secondary N) is 1. The van der Waals surface area contributed by atoms with Crippen LogP contribution < -0.4 is 5.32 Å². The number of rotatable bonds is 3. The molecule has 15 heavy (non-hydrogen) atoms. The topological polar surface area (TPSA) is 12.0 Å². The van der Waals surface area contributed by atoms with Crippen LogP contribution >= 0.6 is 0 Å². The zero-order chi connectivity index (χ0) is 10.1. The monoisotopic (exact) mass is 197 g/mol. The first-order valence-electron chi connectivity index (χ1n) is 5.65. The number of anilines is 1. The predicted octanol–water partition coefficient (Wildman–Crippen LogP) is 3.66. The SMILES string of the molecule is c1ccc2c(NCC3CC3)cccc2c1. The quantitative estimate of drug-likeness (QED) is 0.791. The second-order valence-electron chi connectivity index (χ2n) is 4.35. The lowest BCUT2D eigenvalue weighted by Gasteiger charge is -2.08.